The third-order valence-corrected chi connectivity index (χ3v) is 5.33. The van der Waals surface area contributed by atoms with E-state index in [1.807, 2.05) is 25.2 Å². The van der Waals surface area contributed by atoms with Gasteiger partial charge in [0.05, 0.1) is 0 Å². The third-order valence-electron chi connectivity index (χ3n) is 5.33. The molecule has 1 fully saturated rings. The maximum Gasteiger partial charge on any atom is 0.253 e. The molecule has 1 aromatic carbocycles. The summed E-state index contributed by atoms with van der Waals surface area (Å²) in [6, 6.07) is 7.85. The molecule has 2 atom stereocenters. The van der Waals surface area contributed by atoms with Gasteiger partial charge in [-0.3, -0.25) is 9.79 Å². The van der Waals surface area contributed by atoms with Crippen LogP contribution in [0.4, 0.5) is 0 Å². The highest BCUT2D eigenvalue weighted by atomic mass is 16.2. The van der Waals surface area contributed by atoms with Gasteiger partial charge in [0, 0.05) is 39.8 Å². The van der Waals surface area contributed by atoms with Crippen LogP contribution < -0.4 is 10.6 Å². The molecule has 26 heavy (non-hydrogen) atoms. The molecule has 0 aromatic heterocycles. The molecule has 0 saturated heterocycles. The van der Waals surface area contributed by atoms with Crippen molar-refractivity contribution in [3.8, 4) is 0 Å². The van der Waals surface area contributed by atoms with Gasteiger partial charge in [0.25, 0.3) is 5.91 Å². The fourth-order valence-electron chi connectivity index (χ4n) is 3.59. The first-order valence-corrected chi connectivity index (χ1v) is 9.76. The normalized spacial score (nSPS) is 20.5. The van der Waals surface area contributed by atoms with E-state index in [-0.39, 0.29) is 5.91 Å². The molecule has 1 aliphatic carbocycles. The zero-order chi connectivity index (χ0) is 18.9. The van der Waals surface area contributed by atoms with Crippen LogP contribution in [0.2, 0.25) is 0 Å². The molecule has 2 N–H and O–H groups in total. The highest BCUT2D eigenvalue weighted by Crippen LogP contribution is 2.28. The van der Waals surface area contributed by atoms with Gasteiger partial charge in [-0.1, -0.05) is 38.3 Å². The van der Waals surface area contributed by atoms with Crippen LogP contribution in [0.5, 0.6) is 0 Å². The summed E-state index contributed by atoms with van der Waals surface area (Å²) >= 11 is 0. The van der Waals surface area contributed by atoms with E-state index in [9.17, 15) is 4.79 Å². The summed E-state index contributed by atoms with van der Waals surface area (Å²) in [6.45, 7) is 4.15. The van der Waals surface area contributed by atoms with Crippen molar-refractivity contribution in [2.24, 2.45) is 16.8 Å². The Balaban J connectivity index is 1.78. The monoisotopic (exact) mass is 358 g/mol. The number of nitrogens with zero attached hydrogens (tertiary/aromatic N) is 2. The number of benzene rings is 1. The molecule has 0 heterocycles. The fraction of sp³-hybridized carbons (Fsp3) is 0.619. The Hall–Kier alpha value is -2.04. The summed E-state index contributed by atoms with van der Waals surface area (Å²) < 4.78 is 0. The fourth-order valence-corrected chi connectivity index (χ4v) is 3.59. The lowest BCUT2D eigenvalue weighted by atomic mass is 9.80. The van der Waals surface area contributed by atoms with Gasteiger partial charge >= 0.3 is 0 Å². The molecule has 1 saturated carbocycles. The highest BCUT2D eigenvalue weighted by molar-refractivity contribution is 5.94. The number of rotatable bonds is 6. The summed E-state index contributed by atoms with van der Waals surface area (Å²) in [7, 11) is 5.37. The van der Waals surface area contributed by atoms with Crippen LogP contribution in [0, 0.1) is 11.8 Å². The SMILES string of the molecule is CN=C(NCCc1cccc(C(=O)N(C)C)c1)NCC1CCCCC1C. The Bertz CT molecular complexity index is 612. The van der Waals surface area contributed by atoms with Crippen molar-refractivity contribution >= 4 is 11.9 Å². The summed E-state index contributed by atoms with van der Waals surface area (Å²) in [5.41, 5.74) is 1.89. The molecule has 144 valence electrons. The summed E-state index contributed by atoms with van der Waals surface area (Å²) in [6.07, 6.45) is 6.25. The predicted octanol–water partition coefficient (Wildman–Crippen LogP) is 2.92. The van der Waals surface area contributed by atoms with Gasteiger partial charge in [-0.2, -0.15) is 0 Å². The zero-order valence-electron chi connectivity index (χ0n) is 16.7. The second-order valence-corrected chi connectivity index (χ2v) is 7.55. The Labute approximate surface area is 158 Å². The number of amides is 1. The third kappa shape index (κ3) is 6.04. The average molecular weight is 359 g/mol. The van der Waals surface area contributed by atoms with E-state index >= 15 is 0 Å². The van der Waals surface area contributed by atoms with Gasteiger partial charge < -0.3 is 15.5 Å². The van der Waals surface area contributed by atoms with E-state index in [0.29, 0.717) is 0 Å². The molecule has 2 rings (SSSR count). The first-order chi connectivity index (χ1) is 12.5. The molecule has 1 amide bonds. The molecular formula is C21H34N4O. The zero-order valence-corrected chi connectivity index (χ0v) is 16.7. The summed E-state index contributed by atoms with van der Waals surface area (Å²) in [5, 5.41) is 6.87. The van der Waals surface area contributed by atoms with Crippen molar-refractivity contribution in [1.29, 1.82) is 0 Å². The Morgan fingerprint density at radius 2 is 2.00 bits per heavy atom. The first-order valence-electron chi connectivity index (χ1n) is 9.76. The first kappa shape index (κ1) is 20.3. The number of carbonyl (C=O) groups is 1. The van der Waals surface area contributed by atoms with Crippen molar-refractivity contribution in [3.63, 3.8) is 0 Å². The van der Waals surface area contributed by atoms with Gasteiger partial charge in [-0.25, -0.2) is 0 Å². The van der Waals surface area contributed by atoms with Crippen LogP contribution in [0.25, 0.3) is 0 Å². The van der Waals surface area contributed by atoms with E-state index in [4.69, 9.17) is 0 Å². The minimum Gasteiger partial charge on any atom is -0.356 e. The Kier molecular flexibility index (Phi) is 7.95. The van der Waals surface area contributed by atoms with Crippen LogP contribution in [0.1, 0.15) is 48.5 Å². The number of carbonyl (C=O) groups excluding carboxylic acids is 1. The maximum absolute atomic E-state index is 12.1. The van der Waals surface area contributed by atoms with Crippen LogP contribution in [-0.2, 0) is 6.42 Å². The Morgan fingerprint density at radius 1 is 1.23 bits per heavy atom. The van der Waals surface area contributed by atoms with Crippen molar-refractivity contribution < 1.29 is 4.79 Å². The molecule has 2 unspecified atom stereocenters. The average Bonchev–Trinajstić information content (AvgIpc) is 2.65. The minimum atomic E-state index is 0.0406. The van der Waals surface area contributed by atoms with E-state index in [0.717, 1.165) is 48.4 Å². The smallest absolute Gasteiger partial charge is 0.253 e. The summed E-state index contributed by atoms with van der Waals surface area (Å²) in [4.78, 5) is 18.0. The minimum absolute atomic E-state index is 0.0406. The van der Waals surface area contributed by atoms with Crippen molar-refractivity contribution in [2.75, 3.05) is 34.2 Å². The Morgan fingerprint density at radius 3 is 2.69 bits per heavy atom. The lowest BCUT2D eigenvalue weighted by Crippen LogP contribution is -2.42. The predicted molar refractivity (Wildman–Crippen MR) is 109 cm³/mol. The lowest BCUT2D eigenvalue weighted by molar-refractivity contribution is 0.0827. The number of hydrogen-bond donors (Lipinski definition) is 2. The number of hydrogen-bond acceptors (Lipinski definition) is 2. The van der Waals surface area contributed by atoms with Crippen LogP contribution in [0.15, 0.2) is 29.3 Å². The van der Waals surface area contributed by atoms with E-state index in [1.54, 1.807) is 19.0 Å². The van der Waals surface area contributed by atoms with E-state index < -0.39 is 0 Å². The second kappa shape index (κ2) is 10.2. The van der Waals surface area contributed by atoms with Crippen molar-refractivity contribution in [3.05, 3.63) is 35.4 Å². The molecule has 1 aliphatic rings. The van der Waals surface area contributed by atoms with Crippen molar-refractivity contribution in [2.45, 2.75) is 39.0 Å². The largest absolute Gasteiger partial charge is 0.356 e. The number of aliphatic imine (C=N–C) groups is 1. The maximum atomic E-state index is 12.1. The topological polar surface area (TPSA) is 56.7 Å². The van der Waals surface area contributed by atoms with E-state index in [2.05, 4.69) is 28.6 Å². The van der Waals surface area contributed by atoms with Gasteiger partial charge in [0.1, 0.15) is 0 Å². The number of guanidine groups is 1. The van der Waals surface area contributed by atoms with Crippen LogP contribution >= 0.6 is 0 Å². The molecular weight excluding hydrogens is 324 g/mol. The standard InChI is InChI=1S/C21H34N4O/c1-16-8-5-6-10-19(16)15-24-21(22-2)23-13-12-17-9-7-11-18(14-17)20(26)25(3)4/h7,9,11,14,16,19H,5-6,8,10,12-13,15H2,1-4H3,(H2,22,23,24). The number of nitrogens with one attached hydrogen (secondary N) is 2. The summed E-state index contributed by atoms with van der Waals surface area (Å²) in [5.74, 6) is 2.45. The van der Waals surface area contributed by atoms with Gasteiger partial charge in [0.15, 0.2) is 5.96 Å². The van der Waals surface area contributed by atoms with E-state index in [1.165, 1.54) is 25.7 Å². The molecule has 0 bridgehead atoms. The second-order valence-electron chi connectivity index (χ2n) is 7.55. The molecule has 1 aromatic rings. The molecule has 5 heteroatoms. The molecule has 5 nitrogen and oxygen atoms in total. The molecule has 0 radical (unpaired) electrons. The highest BCUT2D eigenvalue weighted by Gasteiger charge is 2.21. The molecule has 0 spiro atoms. The van der Waals surface area contributed by atoms with Gasteiger partial charge in [0.2, 0.25) is 0 Å². The molecule has 0 aliphatic heterocycles. The van der Waals surface area contributed by atoms with Crippen LogP contribution in [-0.4, -0.2) is 51.0 Å². The van der Waals surface area contributed by atoms with Crippen molar-refractivity contribution in [1.82, 2.24) is 15.5 Å². The lowest BCUT2D eigenvalue weighted by Gasteiger charge is -2.29. The van der Waals surface area contributed by atoms with Gasteiger partial charge in [-0.05, 0) is 42.4 Å². The quantitative estimate of drug-likeness (QED) is 0.607. The van der Waals surface area contributed by atoms with Gasteiger partial charge in [-0.15, -0.1) is 0 Å². The van der Waals surface area contributed by atoms with Crippen LogP contribution in [0.3, 0.4) is 0 Å².